The van der Waals surface area contributed by atoms with Gasteiger partial charge in [-0.2, -0.15) is 0 Å². The molecule has 0 heterocycles. The molecule has 20 heteroatoms. The van der Waals surface area contributed by atoms with Gasteiger partial charge >= 0.3 is 0 Å². The van der Waals surface area contributed by atoms with Crippen LogP contribution in [0.2, 0.25) is 5.02 Å². The van der Waals surface area contributed by atoms with Crippen molar-refractivity contribution >= 4 is 69.6 Å². The summed E-state index contributed by atoms with van der Waals surface area (Å²) in [5.74, 6) is -8.21. The highest BCUT2D eigenvalue weighted by atomic mass is 35.5. The molecule has 0 saturated heterocycles. The first-order valence-electron chi connectivity index (χ1n) is 23.2. The average Bonchev–Trinajstić information content (AvgIpc) is 3.44. The van der Waals surface area contributed by atoms with Crippen LogP contribution < -0.4 is 20.7 Å². The Labute approximate surface area is 462 Å². The molecule has 400 valence electrons. The maximum atomic E-state index is 13.5. The minimum atomic E-state index is -1.04. The zero-order valence-corrected chi connectivity index (χ0v) is 44.0. The lowest BCUT2D eigenvalue weighted by Gasteiger charge is -2.12. The summed E-state index contributed by atoms with van der Waals surface area (Å²) in [6, 6.07) is 50.7. The molecule has 0 atom stereocenters. The molecule has 0 amide bonds. The number of nitro groups is 1. The highest BCUT2D eigenvalue weighted by Gasteiger charge is 2.15. The maximum absolute atomic E-state index is 13.5. The molecule has 9 rings (SSSR count). The highest BCUT2D eigenvalue weighted by Crippen LogP contribution is 2.37. The minimum absolute atomic E-state index is 0.0192. The molecule has 0 aliphatic heterocycles. The number of rotatable bonds is 17. The van der Waals surface area contributed by atoms with Gasteiger partial charge in [0.25, 0.3) is 5.69 Å². The largest absolute Gasteiger partial charge is 0.503 e. The third-order valence-electron chi connectivity index (χ3n) is 11.0. The lowest BCUT2D eigenvalue weighted by molar-refractivity contribution is -0.384. The van der Waals surface area contributed by atoms with Crippen molar-refractivity contribution in [2.75, 3.05) is 23.1 Å². The molecule has 6 N–H and O–H groups in total. The van der Waals surface area contributed by atoms with Crippen LogP contribution in [-0.2, 0) is 19.6 Å². The predicted octanol–water partition coefficient (Wildman–Crippen LogP) is 16.9. The summed E-state index contributed by atoms with van der Waals surface area (Å²) < 4.78 is 85.8. The third-order valence-corrected chi connectivity index (χ3v) is 14.9. The van der Waals surface area contributed by atoms with Gasteiger partial charge in [0.1, 0.15) is 5.75 Å². The third kappa shape index (κ3) is 16.2. The quantitative estimate of drug-likeness (QED) is 0.0223. The van der Waals surface area contributed by atoms with Gasteiger partial charge in [0, 0.05) is 115 Å². The van der Waals surface area contributed by atoms with Crippen molar-refractivity contribution in [2.45, 2.75) is 49.0 Å². The van der Waals surface area contributed by atoms with Gasteiger partial charge in [-0.1, -0.05) is 114 Å². The SMILES string of the molecule is COc1ccc(Sc2ccccc2CNc2cc(F)c(O)c(F)c2)cc1.O=[N+]([O-])c1ccc(Sc2ccccc2CNc2cc(F)c(O)c(F)c2)cc1.Oc1c(F)cc(NCc2ccccc2Sc2ccccc2Cl)cc1F. The summed E-state index contributed by atoms with van der Waals surface area (Å²) in [6.07, 6.45) is 0. The number of nitrogens with one attached hydrogen (secondary N) is 3. The molecule has 0 saturated carbocycles. The number of phenols is 3. The van der Waals surface area contributed by atoms with Gasteiger partial charge in [-0.05, 0) is 83.4 Å². The van der Waals surface area contributed by atoms with E-state index in [-0.39, 0.29) is 22.7 Å². The van der Waals surface area contributed by atoms with E-state index in [1.807, 2.05) is 121 Å². The molecule has 0 bridgehead atoms. The van der Waals surface area contributed by atoms with Crippen LogP contribution in [0.25, 0.3) is 0 Å². The Hall–Kier alpha value is -8.10. The van der Waals surface area contributed by atoms with Crippen LogP contribution in [0.3, 0.4) is 0 Å². The lowest BCUT2D eigenvalue weighted by atomic mass is 10.2. The Bertz CT molecular complexity index is 3450. The van der Waals surface area contributed by atoms with E-state index in [9.17, 15) is 41.6 Å². The molecule has 9 aromatic carbocycles. The van der Waals surface area contributed by atoms with Crippen LogP contribution in [0.15, 0.2) is 211 Å². The summed E-state index contributed by atoms with van der Waals surface area (Å²) >= 11 is 10.8. The Kier molecular flexibility index (Phi) is 20.5. The number of non-ortho nitro benzene ring substituents is 1. The maximum Gasteiger partial charge on any atom is 0.269 e. The molecule has 0 spiro atoms. The second-order valence-electron chi connectivity index (χ2n) is 16.4. The Morgan fingerprint density at radius 1 is 0.462 bits per heavy atom. The van der Waals surface area contributed by atoms with Crippen molar-refractivity contribution in [2.24, 2.45) is 0 Å². The van der Waals surface area contributed by atoms with Crippen molar-refractivity contribution in [1.29, 1.82) is 0 Å². The van der Waals surface area contributed by atoms with Crippen molar-refractivity contribution in [3.63, 3.8) is 0 Å². The van der Waals surface area contributed by atoms with Gasteiger partial charge in [-0.25, -0.2) is 26.3 Å². The van der Waals surface area contributed by atoms with Crippen LogP contribution in [0.4, 0.5) is 49.1 Å². The van der Waals surface area contributed by atoms with E-state index in [0.717, 1.165) is 88.2 Å². The van der Waals surface area contributed by atoms with E-state index >= 15 is 0 Å². The topological polar surface area (TPSA) is 149 Å². The molecular formula is C58H45ClF6N4O6S3. The van der Waals surface area contributed by atoms with Crippen molar-refractivity contribution < 1.29 is 51.3 Å². The summed E-state index contributed by atoms with van der Waals surface area (Å²) in [5, 5.41) is 47.8. The molecule has 78 heavy (non-hydrogen) atoms. The fourth-order valence-corrected chi connectivity index (χ4v) is 10.1. The molecule has 9 aromatic rings. The molecule has 0 aliphatic carbocycles. The lowest BCUT2D eigenvalue weighted by Crippen LogP contribution is -2.02. The number of nitro benzene ring substituents is 1. The van der Waals surface area contributed by atoms with Gasteiger partial charge in [0.05, 0.1) is 17.1 Å². The average molecular weight is 1140 g/mol. The Morgan fingerprint density at radius 3 is 1.10 bits per heavy atom. The van der Waals surface area contributed by atoms with Crippen molar-refractivity contribution in [3.8, 4) is 23.0 Å². The first-order chi connectivity index (χ1) is 37.5. The molecule has 0 aliphatic rings. The molecule has 0 radical (unpaired) electrons. The second kappa shape index (κ2) is 27.8. The minimum Gasteiger partial charge on any atom is -0.503 e. The number of hydrogen-bond donors (Lipinski definition) is 6. The summed E-state index contributed by atoms with van der Waals surface area (Å²) in [6.45, 7) is 1.07. The highest BCUT2D eigenvalue weighted by molar-refractivity contribution is 8.00. The van der Waals surface area contributed by atoms with Crippen LogP contribution in [0.5, 0.6) is 23.0 Å². The molecule has 0 unspecified atom stereocenters. The number of ether oxygens (including phenoxy) is 1. The Morgan fingerprint density at radius 2 is 0.769 bits per heavy atom. The number of halogens is 7. The summed E-state index contributed by atoms with van der Waals surface area (Å²) in [5.41, 5.74) is 3.58. The van der Waals surface area contributed by atoms with Gasteiger partial charge in [0.15, 0.2) is 52.2 Å². The number of methoxy groups -OCH3 is 1. The summed E-state index contributed by atoms with van der Waals surface area (Å²) in [7, 11) is 1.62. The number of nitrogens with zero attached hydrogens (tertiary/aromatic N) is 1. The Balaban J connectivity index is 0.000000170. The predicted molar refractivity (Wildman–Crippen MR) is 295 cm³/mol. The number of benzene rings is 9. The molecular weight excluding hydrogens is 1090 g/mol. The normalized spacial score (nSPS) is 10.6. The smallest absolute Gasteiger partial charge is 0.269 e. The first kappa shape index (κ1) is 57.6. The van der Waals surface area contributed by atoms with E-state index in [1.165, 1.54) is 35.7 Å². The van der Waals surface area contributed by atoms with Crippen LogP contribution >= 0.6 is 46.9 Å². The van der Waals surface area contributed by atoms with Crippen LogP contribution in [0.1, 0.15) is 16.7 Å². The fraction of sp³-hybridized carbons (Fsp3) is 0.0690. The van der Waals surface area contributed by atoms with E-state index in [1.54, 1.807) is 31.0 Å². The van der Waals surface area contributed by atoms with Gasteiger partial charge in [0.2, 0.25) is 0 Å². The van der Waals surface area contributed by atoms with Gasteiger partial charge < -0.3 is 36.0 Å². The number of hydrogen-bond acceptors (Lipinski definition) is 12. The van der Waals surface area contributed by atoms with E-state index in [2.05, 4.69) is 16.0 Å². The summed E-state index contributed by atoms with van der Waals surface area (Å²) in [4.78, 5) is 16.0. The van der Waals surface area contributed by atoms with Crippen LogP contribution in [-0.4, -0.2) is 27.4 Å². The monoisotopic (exact) mass is 1140 g/mol. The fourth-order valence-electron chi connectivity index (χ4n) is 7.02. The zero-order chi connectivity index (χ0) is 55.7. The van der Waals surface area contributed by atoms with Crippen LogP contribution in [0, 0.1) is 45.0 Å². The van der Waals surface area contributed by atoms with Crippen molar-refractivity contribution in [1.82, 2.24) is 0 Å². The number of aromatic hydroxyl groups is 3. The molecule has 10 nitrogen and oxygen atoms in total. The molecule has 0 aromatic heterocycles. The number of anilines is 3. The van der Waals surface area contributed by atoms with E-state index in [4.69, 9.17) is 26.6 Å². The van der Waals surface area contributed by atoms with Crippen molar-refractivity contribution in [3.05, 3.63) is 249 Å². The second-order valence-corrected chi connectivity index (χ2v) is 20.1. The number of phenolic OH excluding ortho intramolecular Hbond substituents is 3. The van der Waals surface area contributed by atoms with E-state index in [0.29, 0.717) is 24.7 Å². The van der Waals surface area contributed by atoms with E-state index < -0.39 is 57.1 Å². The van der Waals surface area contributed by atoms with Gasteiger partial charge in [-0.3, -0.25) is 10.1 Å². The first-order valence-corrected chi connectivity index (χ1v) is 26.0. The zero-order valence-electron chi connectivity index (χ0n) is 40.8. The molecule has 0 fully saturated rings. The van der Waals surface area contributed by atoms with Gasteiger partial charge in [-0.15, -0.1) is 0 Å². The standard InChI is InChI=1S/C20H17F2NO2S.C19H14ClF2NOS.C19H14F2N2O3S/c1-25-15-6-8-16(9-7-15)26-19-5-3-2-4-13(19)12-23-14-10-17(21)20(24)18(22)11-14;20-14-6-2-4-8-18(14)25-17-7-3-1-5-12(17)11-23-13-9-15(21)19(24)16(22)10-13;20-16-9-13(10-17(21)19(16)24)22-11-12-3-1-2-4-18(12)27-15-7-5-14(6-8-15)23(25)26/h2-11,23-24H,12H2,1H3;1-10,23-24H,11H2;1-10,22,24H,11H2.